The van der Waals surface area contributed by atoms with Gasteiger partial charge in [-0.2, -0.15) is 3.71 Å². The van der Waals surface area contributed by atoms with Gasteiger partial charge in [0.2, 0.25) is 25.8 Å². The lowest BCUT2D eigenvalue weighted by atomic mass is 10.1. The van der Waals surface area contributed by atoms with Crippen molar-refractivity contribution in [1.82, 2.24) is 3.71 Å². The summed E-state index contributed by atoms with van der Waals surface area (Å²) >= 11 is 0. The van der Waals surface area contributed by atoms with Crippen molar-refractivity contribution < 1.29 is 21.6 Å². The summed E-state index contributed by atoms with van der Waals surface area (Å²) in [5.41, 5.74) is -0.471. The molecule has 0 spiro atoms. The van der Waals surface area contributed by atoms with Gasteiger partial charge in [-0.3, -0.25) is 4.79 Å². The van der Waals surface area contributed by atoms with Gasteiger partial charge in [0, 0.05) is 5.56 Å². The molecule has 0 heterocycles. The summed E-state index contributed by atoms with van der Waals surface area (Å²) in [6, 6.07) is 7.70. The van der Waals surface area contributed by atoms with Gasteiger partial charge >= 0.3 is 0 Å². The number of Topliss-reactive ketones (excluding diaryl/α,β-unsaturated/α-hetero) is 1. The van der Waals surface area contributed by atoms with Crippen LogP contribution in [-0.2, 0) is 20.0 Å². The first-order valence-corrected chi connectivity index (χ1v) is 8.74. The number of carbonyl (C=O) groups is 1. The highest BCUT2D eigenvalue weighted by atomic mass is 32.3. The number of ketones is 1. The maximum atomic E-state index is 12.0. The summed E-state index contributed by atoms with van der Waals surface area (Å²) in [7, 11) is -8.30. The standard InChI is InChI=1S/C11H13NO5S2/c1-9(11(13)10-7-5-4-6-8-10)12(18(2,14)15)19(3,16)17/h4-8H,1H2,2-3H3. The minimum absolute atomic E-state index is 0.0370. The molecule has 1 rings (SSSR count). The van der Waals surface area contributed by atoms with Crippen molar-refractivity contribution in [3.63, 3.8) is 0 Å². The van der Waals surface area contributed by atoms with Crippen molar-refractivity contribution in [2.45, 2.75) is 0 Å². The molecule has 19 heavy (non-hydrogen) atoms. The smallest absolute Gasteiger partial charge is 0.245 e. The van der Waals surface area contributed by atoms with E-state index in [1.54, 1.807) is 18.2 Å². The van der Waals surface area contributed by atoms with Crippen LogP contribution in [0.4, 0.5) is 0 Å². The monoisotopic (exact) mass is 303 g/mol. The van der Waals surface area contributed by atoms with Gasteiger partial charge in [0.15, 0.2) is 0 Å². The van der Waals surface area contributed by atoms with E-state index < -0.39 is 31.5 Å². The van der Waals surface area contributed by atoms with Crippen molar-refractivity contribution in [1.29, 1.82) is 0 Å². The van der Waals surface area contributed by atoms with Gasteiger partial charge in [-0.1, -0.05) is 36.9 Å². The molecule has 1 aromatic carbocycles. The van der Waals surface area contributed by atoms with Crippen molar-refractivity contribution >= 4 is 25.8 Å². The number of allylic oxidation sites excluding steroid dienone is 1. The van der Waals surface area contributed by atoms with Crippen molar-refractivity contribution in [3.05, 3.63) is 48.2 Å². The van der Waals surface area contributed by atoms with Crippen LogP contribution < -0.4 is 0 Å². The van der Waals surface area contributed by atoms with Crippen molar-refractivity contribution in [2.75, 3.05) is 12.5 Å². The molecule has 0 amide bonds. The highest BCUT2D eigenvalue weighted by Gasteiger charge is 2.32. The maximum Gasteiger partial charge on any atom is 0.245 e. The van der Waals surface area contributed by atoms with Gasteiger partial charge < -0.3 is 0 Å². The molecule has 0 atom stereocenters. The highest BCUT2D eigenvalue weighted by Crippen LogP contribution is 2.17. The Kier molecular flexibility index (Phi) is 4.16. The molecule has 0 saturated heterocycles. The first kappa shape index (κ1) is 15.4. The van der Waals surface area contributed by atoms with Gasteiger partial charge in [-0.15, -0.1) is 0 Å². The predicted molar refractivity (Wildman–Crippen MR) is 71.4 cm³/mol. The summed E-state index contributed by atoms with van der Waals surface area (Å²) in [4.78, 5) is 12.0. The number of carbonyl (C=O) groups excluding carboxylic acids is 1. The van der Waals surface area contributed by atoms with E-state index in [0.29, 0.717) is 12.5 Å². The Hall–Kier alpha value is -1.67. The Labute approximate surface area is 112 Å². The van der Waals surface area contributed by atoms with E-state index >= 15 is 0 Å². The van der Waals surface area contributed by atoms with Gasteiger partial charge in [0.1, 0.15) is 5.70 Å². The highest BCUT2D eigenvalue weighted by molar-refractivity contribution is 8.03. The van der Waals surface area contributed by atoms with Crippen LogP contribution in [0, 0.1) is 0 Å². The lowest BCUT2D eigenvalue weighted by Crippen LogP contribution is -2.37. The van der Waals surface area contributed by atoms with Crippen LogP contribution in [0.5, 0.6) is 0 Å². The minimum Gasteiger partial charge on any atom is -0.287 e. The van der Waals surface area contributed by atoms with Crippen molar-refractivity contribution in [3.8, 4) is 0 Å². The summed E-state index contributed by atoms with van der Waals surface area (Å²) in [5.74, 6) is -0.767. The lowest BCUT2D eigenvalue weighted by Gasteiger charge is -2.20. The molecule has 0 aliphatic carbocycles. The molecule has 0 N–H and O–H groups in total. The molecule has 0 saturated carbocycles. The molecule has 0 aliphatic heterocycles. The Morgan fingerprint density at radius 3 is 1.79 bits per heavy atom. The van der Waals surface area contributed by atoms with Crippen LogP contribution in [0.3, 0.4) is 0 Å². The van der Waals surface area contributed by atoms with E-state index in [2.05, 4.69) is 6.58 Å². The molecular weight excluding hydrogens is 290 g/mol. The fourth-order valence-electron chi connectivity index (χ4n) is 1.49. The minimum atomic E-state index is -4.15. The fraction of sp³-hybridized carbons (Fsp3) is 0.182. The summed E-state index contributed by atoms with van der Waals surface area (Å²) < 4.78 is 46.0. The molecule has 0 bridgehead atoms. The Morgan fingerprint density at radius 1 is 1.00 bits per heavy atom. The van der Waals surface area contributed by atoms with Crippen LogP contribution in [-0.4, -0.2) is 38.8 Å². The third-order valence-electron chi connectivity index (χ3n) is 2.12. The van der Waals surface area contributed by atoms with Gasteiger partial charge in [-0.25, -0.2) is 16.8 Å². The molecule has 0 aliphatic rings. The van der Waals surface area contributed by atoms with Crippen LogP contribution in [0.15, 0.2) is 42.6 Å². The topological polar surface area (TPSA) is 88.6 Å². The van der Waals surface area contributed by atoms with E-state index in [1.807, 2.05) is 0 Å². The van der Waals surface area contributed by atoms with E-state index in [0.717, 1.165) is 0 Å². The Morgan fingerprint density at radius 2 is 1.42 bits per heavy atom. The van der Waals surface area contributed by atoms with Crippen LogP contribution in [0.1, 0.15) is 10.4 Å². The third kappa shape index (κ3) is 3.65. The van der Waals surface area contributed by atoms with E-state index in [9.17, 15) is 21.6 Å². The molecule has 0 unspecified atom stereocenters. The number of hydrogen-bond donors (Lipinski definition) is 0. The Bertz CT molecular complexity index is 673. The Balaban J connectivity index is 3.28. The zero-order chi connectivity index (χ0) is 14.8. The lowest BCUT2D eigenvalue weighted by molar-refractivity contribution is 0.102. The van der Waals surface area contributed by atoms with E-state index in [1.165, 1.54) is 12.1 Å². The fourth-order valence-corrected chi connectivity index (χ4v) is 4.42. The summed E-state index contributed by atoms with van der Waals surface area (Å²) in [6.07, 6.45) is 1.38. The quantitative estimate of drug-likeness (QED) is 0.587. The zero-order valence-corrected chi connectivity index (χ0v) is 12.0. The van der Waals surface area contributed by atoms with Crippen LogP contribution in [0.25, 0.3) is 0 Å². The molecule has 0 aromatic heterocycles. The number of benzene rings is 1. The molecule has 8 heteroatoms. The number of nitrogens with zero attached hydrogens (tertiary/aromatic N) is 1. The SMILES string of the molecule is C=C(C(=O)c1ccccc1)N(S(C)(=O)=O)S(C)(=O)=O. The average molecular weight is 303 g/mol. The molecular formula is C11H13NO5S2. The first-order chi connectivity index (χ1) is 8.55. The van der Waals surface area contributed by atoms with Gasteiger partial charge in [-0.05, 0) is 0 Å². The first-order valence-electron chi connectivity index (χ1n) is 5.04. The molecule has 0 fully saturated rings. The average Bonchev–Trinajstić information content (AvgIpc) is 2.25. The van der Waals surface area contributed by atoms with Crippen LogP contribution >= 0.6 is 0 Å². The molecule has 0 radical (unpaired) electrons. The predicted octanol–water partition coefficient (Wildman–Crippen LogP) is 0.604. The normalized spacial score (nSPS) is 11.9. The largest absolute Gasteiger partial charge is 0.287 e. The van der Waals surface area contributed by atoms with Gasteiger partial charge in [0.25, 0.3) is 0 Å². The molecule has 6 nitrogen and oxygen atoms in total. The van der Waals surface area contributed by atoms with Gasteiger partial charge in [0.05, 0.1) is 12.5 Å². The number of hydrogen-bond acceptors (Lipinski definition) is 5. The van der Waals surface area contributed by atoms with E-state index in [4.69, 9.17) is 0 Å². The summed E-state index contributed by atoms with van der Waals surface area (Å²) in [6.45, 7) is 3.28. The van der Waals surface area contributed by atoms with Crippen molar-refractivity contribution in [2.24, 2.45) is 0 Å². The molecule has 1 aromatic rings. The summed E-state index contributed by atoms with van der Waals surface area (Å²) in [5, 5.41) is 0. The van der Waals surface area contributed by atoms with E-state index in [-0.39, 0.29) is 9.27 Å². The van der Waals surface area contributed by atoms with Crippen LogP contribution in [0.2, 0.25) is 0 Å². The molecule has 104 valence electrons. The number of rotatable bonds is 5. The maximum absolute atomic E-state index is 12.0. The zero-order valence-electron chi connectivity index (χ0n) is 10.4. The second-order valence-electron chi connectivity index (χ2n) is 3.86. The third-order valence-corrected chi connectivity index (χ3v) is 5.39. The number of sulfonamides is 2. The second-order valence-corrected chi connectivity index (χ2v) is 7.76. The second kappa shape index (κ2) is 5.14.